The molecule has 3 N–H and O–H groups in total. The van der Waals surface area contributed by atoms with Crippen LogP contribution in [0.15, 0.2) is 72.0 Å². The summed E-state index contributed by atoms with van der Waals surface area (Å²) in [6, 6.07) is 8.87. The van der Waals surface area contributed by atoms with Gasteiger partial charge < -0.3 is 15.5 Å². The molecule has 0 spiro atoms. The first-order valence-electron chi connectivity index (χ1n) is 9.18. The summed E-state index contributed by atoms with van der Waals surface area (Å²) in [5, 5.41) is 18.7. The van der Waals surface area contributed by atoms with Crippen LogP contribution in [0.4, 0.5) is 4.39 Å². The van der Waals surface area contributed by atoms with Crippen LogP contribution in [0.5, 0.6) is 0 Å². The van der Waals surface area contributed by atoms with Crippen molar-refractivity contribution in [1.29, 1.82) is 0 Å². The van der Waals surface area contributed by atoms with Crippen molar-refractivity contribution >= 4 is 33.6 Å². The number of nitrogens with zero attached hydrogens (tertiary/aromatic N) is 2. The van der Waals surface area contributed by atoms with E-state index in [9.17, 15) is 22.4 Å². The fraction of sp³-hybridized carbons (Fsp3) is 0.0952. The van der Waals surface area contributed by atoms with Gasteiger partial charge in [-0.3, -0.25) is 4.98 Å². The Labute approximate surface area is 193 Å². The van der Waals surface area contributed by atoms with E-state index >= 15 is 0 Å². The Bertz CT molecular complexity index is 1260. The summed E-state index contributed by atoms with van der Waals surface area (Å²) in [4.78, 5) is 23.0. The highest BCUT2D eigenvalue weighted by Crippen LogP contribution is 2.36. The van der Waals surface area contributed by atoms with Crippen LogP contribution in [0.25, 0.3) is 11.3 Å². The van der Waals surface area contributed by atoms with Gasteiger partial charge in [0.1, 0.15) is 10.7 Å². The van der Waals surface area contributed by atoms with Gasteiger partial charge in [0.25, 0.3) is 10.0 Å². The van der Waals surface area contributed by atoms with E-state index in [4.69, 9.17) is 21.8 Å². The second-order valence-corrected chi connectivity index (χ2v) is 8.52. The summed E-state index contributed by atoms with van der Waals surface area (Å²) < 4.78 is 41.4. The van der Waals surface area contributed by atoms with E-state index in [1.165, 1.54) is 48.9 Å². The molecule has 33 heavy (non-hydrogen) atoms. The van der Waals surface area contributed by atoms with E-state index in [0.717, 1.165) is 3.97 Å². The SMILES string of the molecule is CNCc1cn(S(=O)(=O)c2cccnc2)c(-c2ccccc2F)c1Cl.O=C(O)C=CC(=O)O. The molecule has 0 unspecified atom stereocenters. The minimum Gasteiger partial charge on any atom is -0.478 e. The van der Waals surface area contributed by atoms with E-state index in [-0.39, 0.29) is 21.2 Å². The number of hydrogen-bond donors (Lipinski definition) is 3. The monoisotopic (exact) mass is 495 g/mol. The number of carboxylic acid groups (broad SMARTS) is 2. The lowest BCUT2D eigenvalue weighted by molar-refractivity contribution is -0.134. The summed E-state index contributed by atoms with van der Waals surface area (Å²) in [5.41, 5.74) is 0.756. The zero-order valence-electron chi connectivity index (χ0n) is 17.1. The van der Waals surface area contributed by atoms with Crippen LogP contribution < -0.4 is 5.32 Å². The fourth-order valence-electron chi connectivity index (χ4n) is 2.66. The van der Waals surface area contributed by atoms with Crippen LogP contribution >= 0.6 is 11.6 Å². The molecule has 9 nitrogen and oxygen atoms in total. The van der Waals surface area contributed by atoms with Gasteiger partial charge >= 0.3 is 11.9 Å². The Balaban J connectivity index is 0.000000414. The maximum absolute atomic E-state index is 14.3. The number of pyridine rings is 1. The Morgan fingerprint density at radius 3 is 2.30 bits per heavy atom. The predicted octanol–water partition coefficient (Wildman–Crippen LogP) is 3.01. The molecule has 0 aliphatic carbocycles. The highest BCUT2D eigenvalue weighted by atomic mass is 35.5. The molecule has 0 bridgehead atoms. The van der Waals surface area contributed by atoms with Gasteiger partial charge in [-0.25, -0.2) is 26.4 Å². The number of aliphatic carboxylic acids is 2. The van der Waals surface area contributed by atoms with Crippen LogP contribution in [0, 0.1) is 5.82 Å². The molecule has 0 aliphatic heterocycles. The third-order valence-corrected chi connectivity index (χ3v) is 6.10. The van der Waals surface area contributed by atoms with E-state index in [0.29, 0.717) is 24.3 Å². The molecule has 2 heterocycles. The smallest absolute Gasteiger partial charge is 0.328 e. The molecule has 2 aromatic heterocycles. The summed E-state index contributed by atoms with van der Waals surface area (Å²) in [6.45, 7) is 0.343. The third kappa shape index (κ3) is 6.48. The number of carboxylic acids is 2. The zero-order chi connectivity index (χ0) is 24.6. The number of benzene rings is 1. The first-order valence-corrected chi connectivity index (χ1v) is 11.0. The third-order valence-electron chi connectivity index (χ3n) is 4.04. The molecular weight excluding hydrogens is 477 g/mol. The van der Waals surface area contributed by atoms with Gasteiger partial charge in [-0.15, -0.1) is 0 Å². The minimum absolute atomic E-state index is 0.00439. The molecule has 0 saturated carbocycles. The van der Waals surface area contributed by atoms with Gasteiger partial charge in [-0.2, -0.15) is 0 Å². The van der Waals surface area contributed by atoms with E-state index in [1.54, 1.807) is 13.1 Å². The number of halogens is 2. The molecule has 3 aromatic rings. The van der Waals surface area contributed by atoms with E-state index in [2.05, 4.69) is 10.3 Å². The van der Waals surface area contributed by atoms with Crippen molar-refractivity contribution in [1.82, 2.24) is 14.3 Å². The molecule has 12 heteroatoms. The Hall–Kier alpha value is -3.54. The van der Waals surface area contributed by atoms with Gasteiger partial charge in [-0.1, -0.05) is 23.7 Å². The largest absolute Gasteiger partial charge is 0.478 e. The first-order chi connectivity index (χ1) is 15.6. The lowest BCUT2D eigenvalue weighted by Gasteiger charge is -2.11. The number of rotatable bonds is 7. The molecule has 0 aliphatic rings. The van der Waals surface area contributed by atoms with Crippen LogP contribution in [-0.4, -0.2) is 46.6 Å². The molecule has 1 aromatic carbocycles. The second-order valence-electron chi connectivity index (χ2n) is 6.33. The van der Waals surface area contributed by atoms with Crippen molar-refractivity contribution < 1.29 is 32.6 Å². The minimum atomic E-state index is -3.98. The van der Waals surface area contributed by atoms with Gasteiger partial charge in [0.2, 0.25) is 0 Å². The molecular formula is C21H19ClFN3O6S. The first kappa shape index (κ1) is 25.7. The lowest BCUT2D eigenvalue weighted by atomic mass is 10.1. The Kier molecular flexibility index (Phi) is 8.85. The number of aromatic nitrogens is 2. The maximum atomic E-state index is 14.3. The average molecular weight is 496 g/mol. The normalized spacial score (nSPS) is 11.1. The van der Waals surface area contributed by atoms with Gasteiger partial charge in [-0.05, 0) is 31.3 Å². The Morgan fingerprint density at radius 2 is 1.79 bits per heavy atom. The van der Waals surface area contributed by atoms with Crippen molar-refractivity contribution in [3.05, 3.63) is 83.5 Å². The molecule has 0 amide bonds. The van der Waals surface area contributed by atoms with Crippen molar-refractivity contribution in [3.63, 3.8) is 0 Å². The number of hydrogen-bond acceptors (Lipinski definition) is 6. The standard InChI is InChI=1S/C17H15ClFN3O2S.C4H4O4/c1-20-9-12-11-22(25(23,24)13-5-4-8-21-10-13)17(16(12)18)14-6-2-3-7-15(14)19;5-3(6)1-2-4(7)8/h2-8,10-11,20H,9H2,1H3;1-2H,(H,5,6)(H,7,8). The summed E-state index contributed by atoms with van der Waals surface area (Å²) >= 11 is 6.40. The second kappa shape index (κ2) is 11.4. The zero-order valence-corrected chi connectivity index (χ0v) is 18.7. The number of nitrogens with one attached hydrogen (secondary N) is 1. The van der Waals surface area contributed by atoms with Crippen molar-refractivity contribution in [3.8, 4) is 11.3 Å². The van der Waals surface area contributed by atoms with Gasteiger partial charge in [0.15, 0.2) is 0 Å². The molecule has 0 atom stereocenters. The maximum Gasteiger partial charge on any atom is 0.328 e. The van der Waals surface area contributed by atoms with Crippen LogP contribution in [-0.2, 0) is 26.2 Å². The fourth-order valence-corrected chi connectivity index (χ4v) is 4.39. The van der Waals surface area contributed by atoms with Crippen LogP contribution in [0.1, 0.15) is 5.56 Å². The highest BCUT2D eigenvalue weighted by Gasteiger charge is 2.26. The van der Waals surface area contributed by atoms with E-state index < -0.39 is 27.8 Å². The Morgan fingerprint density at radius 1 is 1.15 bits per heavy atom. The molecule has 0 radical (unpaired) electrons. The van der Waals surface area contributed by atoms with Gasteiger partial charge in [0, 0.05) is 48.4 Å². The topological polar surface area (TPSA) is 139 Å². The van der Waals surface area contributed by atoms with Crippen molar-refractivity contribution in [2.75, 3.05) is 7.05 Å². The predicted molar refractivity (Wildman–Crippen MR) is 119 cm³/mol. The van der Waals surface area contributed by atoms with Crippen molar-refractivity contribution in [2.45, 2.75) is 11.4 Å². The molecule has 174 valence electrons. The average Bonchev–Trinajstić information content (AvgIpc) is 3.11. The summed E-state index contributed by atoms with van der Waals surface area (Å²) in [5.74, 6) is -3.07. The lowest BCUT2D eigenvalue weighted by Crippen LogP contribution is -2.14. The summed E-state index contributed by atoms with van der Waals surface area (Å²) in [7, 11) is -2.26. The highest BCUT2D eigenvalue weighted by molar-refractivity contribution is 7.90. The molecule has 0 fully saturated rings. The van der Waals surface area contributed by atoms with Crippen molar-refractivity contribution in [2.24, 2.45) is 0 Å². The number of carbonyl (C=O) groups is 2. The van der Waals surface area contributed by atoms with Crippen LogP contribution in [0.3, 0.4) is 0 Å². The molecule has 0 saturated heterocycles. The summed E-state index contributed by atoms with van der Waals surface area (Å²) in [6.07, 6.45) is 5.24. The van der Waals surface area contributed by atoms with Gasteiger partial charge in [0.05, 0.1) is 10.7 Å². The van der Waals surface area contributed by atoms with Crippen LogP contribution in [0.2, 0.25) is 5.02 Å². The van der Waals surface area contributed by atoms with E-state index in [1.807, 2.05) is 0 Å². The molecule has 3 rings (SSSR count). The quantitative estimate of drug-likeness (QED) is 0.425.